The van der Waals surface area contributed by atoms with E-state index < -0.39 is 8.07 Å². The van der Waals surface area contributed by atoms with E-state index in [0.717, 1.165) is 0 Å². The average molecular weight is 615 g/mol. The molecule has 1 aromatic rings. The third-order valence-electron chi connectivity index (χ3n) is 9.81. The van der Waals surface area contributed by atoms with Crippen LogP contribution in [0, 0.1) is 42.2 Å². The Morgan fingerprint density at radius 2 is 0.976 bits per heavy atom. The summed E-state index contributed by atoms with van der Waals surface area (Å²) >= 11 is 0. The molecule has 0 amide bonds. The Bertz CT molecular complexity index is 861. The van der Waals surface area contributed by atoms with E-state index in [4.69, 9.17) is 0 Å². The Kier molecular flexibility index (Phi) is 25.4. The molecule has 0 radical (unpaired) electrons. The van der Waals surface area contributed by atoms with Crippen LogP contribution in [-0.2, 0) is 21.7 Å². The average Bonchev–Trinajstić information content (AvgIpc) is 3.06. The van der Waals surface area contributed by atoms with Gasteiger partial charge < -0.3 is 22.3 Å². The Hall–Kier alpha value is -0.369. The smallest absolute Gasteiger partial charge is 0.358 e. The summed E-state index contributed by atoms with van der Waals surface area (Å²) < 4.78 is 0. The standard InChI is InChI=1S/C36H61Si.3CH3.Ti/c1-9-10-11-12-13-14-15-16-17-18-19-20-21-22-23-24-25-37(8,35-27-30(2)26-31(3)28-35)36(7)29-32(4)33(5)34(36)6;;;;/h26-28H,9-25H2,1-8H3;3*1H3;/q4*-1;+4. The quantitative estimate of drug-likeness (QED) is 0.0826. The normalized spacial score (nSPS) is 17.5. The summed E-state index contributed by atoms with van der Waals surface area (Å²) in [6, 6.07) is 8.72. The van der Waals surface area contributed by atoms with Crippen molar-refractivity contribution in [2.24, 2.45) is 0 Å². The van der Waals surface area contributed by atoms with Crippen molar-refractivity contribution in [1.82, 2.24) is 0 Å². The Morgan fingerprint density at radius 1 is 0.610 bits per heavy atom. The van der Waals surface area contributed by atoms with E-state index in [1.165, 1.54) is 131 Å². The van der Waals surface area contributed by atoms with Gasteiger partial charge in [-0.05, 0) is 13.8 Å². The van der Waals surface area contributed by atoms with Crippen LogP contribution in [-0.4, -0.2) is 8.07 Å². The maximum Gasteiger partial charge on any atom is 4.00 e. The summed E-state index contributed by atoms with van der Waals surface area (Å²) in [7, 11) is -1.82. The summed E-state index contributed by atoms with van der Waals surface area (Å²) in [5, 5.41) is 1.75. The van der Waals surface area contributed by atoms with E-state index in [1.54, 1.807) is 10.8 Å². The topological polar surface area (TPSA) is 0 Å². The van der Waals surface area contributed by atoms with Crippen molar-refractivity contribution in [2.45, 2.75) is 169 Å². The fourth-order valence-electron chi connectivity index (χ4n) is 6.77. The molecular weight excluding hydrogens is 544 g/mol. The van der Waals surface area contributed by atoms with Gasteiger partial charge in [0.15, 0.2) is 0 Å². The number of unbranched alkanes of at least 4 members (excludes halogenated alkanes) is 15. The third kappa shape index (κ3) is 13.4. The molecule has 234 valence electrons. The van der Waals surface area contributed by atoms with E-state index in [2.05, 4.69) is 79.3 Å². The van der Waals surface area contributed by atoms with E-state index in [1.807, 2.05) is 0 Å². The van der Waals surface area contributed by atoms with Crippen molar-refractivity contribution in [1.29, 1.82) is 0 Å². The van der Waals surface area contributed by atoms with Crippen LogP contribution in [0.15, 0.2) is 34.9 Å². The Morgan fingerprint density at radius 3 is 1.32 bits per heavy atom. The zero-order valence-electron chi connectivity index (χ0n) is 29.8. The SMILES string of the molecule is CCCCCCCCCCCCCCCCCC[Si](C)(c1cc(C)cc(C)c1)C1(C)[C-]=C(C)C(C)=C1C.[CH3-].[CH3-].[CH3-].[Ti+4]. The van der Waals surface area contributed by atoms with Crippen LogP contribution >= 0.6 is 0 Å². The molecule has 2 heteroatoms. The molecule has 1 aliphatic rings. The first-order chi connectivity index (χ1) is 17.7. The third-order valence-corrected chi connectivity index (χ3v) is 15.4. The zero-order chi connectivity index (χ0) is 27.3. The minimum absolute atomic E-state index is 0. The van der Waals surface area contributed by atoms with Gasteiger partial charge in [-0.3, -0.25) is 6.08 Å². The summed E-state index contributed by atoms with van der Waals surface area (Å²) in [5.74, 6) is 0. The molecule has 1 aromatic carbocycles. The number of hydrogen-bond acceptors (Lipinski definition) is 0. The minimum atomic E-state index is -1.82. The van der Waals surface area contributed by atoms with Crippen molar-refractivity contribution in [2.75, 3.05) is 0 Å². The molecule has 0 spiro atoms. The van der Waals surface area contributed by atoms with Gasteiger partial charge in [-0.15, -0.1) is 6.92 Å². The fraction of sp³-hybridized carbons (Fsp3) is 0.667. The maximum absolute atomic E-state index is 4.02. The largest absolute Gasteiger partial charge is 4.00 e. The first kappa shape index (κ1) is 45.1. The van der Waals surface area contributed by atoms with Crippen LogP contribution in [0.1, 0.15) is 148 Å². The monoisotopic (exact) mass is 614 g/mol. The minimum Gasteiger partial charge on any atom is -0.358 e. The van der Waals surface area contributed by atoms with Crippen molar-refractivity contribution in [3.05, 3.63) is 74.4 Å². The molecule has 2 atom stereocenters. The molecule has 0 aromatic heterocycles. The van der Waals surface area contributed by atoms with E-state index in [9.17, 15) is 0 Å². The molecular formula is C39H70SiTi. The van der Waals surface area contributed by atoms with Gasteiger partial charge in [0, 0.05) is 0 Å². The summed E-state index contributed by atoms with van der Waals surface area (Å²) in [6.45, 7) is 19.0. The first-order valence-corrected chi connectivity index (χ1v) is 18.7. The molecule has 0 fully saturated rings. The van der Waals surface area contributed by atoms with Gasteiger partial charge in [-0.2, -0.15) is 11.1 Å². The van der Waals surface area contributed by atoms with Crippen molar-refractivity contribution < 1.29 is 21.7 Å². The molecule has 0 bridgehead atoms. The van der Waals surface area contributed by atoms with Crippen molar-refractivity contribution >= 4 is 13.3 Å². The molecule has 0 saturated heterocycles. The Labute approximate surface area is 276 Å². The Balaban J connectivity index is -0.00000361. The molecule has 0 nitrogen and oxygen atoms in total. The van der Waals surface area contributed by atoms with Gasteiger partial charge in [0.25, 0.3) is 0 Å². The predicted molar refractivity (Wildman–Crippen MR) is 190 cm³/mol. The van der Waals surface area contributed by atoms with Crippen LogP contribution in [0.3, 0.4) is 0 Å². The van der Waals surface area contributed by atoms with Gasteiger partial charge in [-0.1, -0.05) is 183 Å². The number of allylic oxidation sites excluding steroid dienone is 4. The molecule has 0 N–H and O–H groups in total. The van der Waals surface area contributed by atoms with Crippen molar-refractivity contribution in [3.63, 3.8) is 0 Å². The number of aryl methyl sites for hydroxylation is 2. The first-order valence-electron chi connectivity index (χ1n) is 16.0. The second-order valence-electron chi connectivity index (χ2n) is 12.9. The number of hydrogen-bond donors (Lipinski definition) is 0. The van der Waals surface area contributed by atoms with E-state index in [0.29, 0.717) is 0 Å². The van der Waals surface area contributed by atoms with Gasteiger partial charge in [0.1, 0.15) is 0 Å². The summed E-state index contributed by atoms with van der Waals surface area (Å²) in [4.78, 5) is 0. The summed E-state index contributed by atoms with van der Waals surface area (Å²) in [5.41, 5.74) is 7.28. The van der Waals surface area contributed by atoms with E-state index >= 15 is 0 Å². The summed E-state index contributed by atoms with van der Waals surface area (Å²) in [6.07, 6.45) is 27.0. The second kappa shape index (κ2) is 23.1. The number of rotatable bonds is 19. The van der Waals surface area contributed by atoms with Gasteiger partial charge >= 0.3 is 21.7 Å². The molecule has 0 saturated carbocycles. The molecule has 2 rings (SSSR count). The van der Waals surface area contributed by atoms with Crippen LogP contribution in [0.4, 0.5) is 0 Å². The van der Waals surface area contributed by atoms with Gasteiger partial charge in [-0.25, -0.2) is 5.57 Å². The molecule has 41 heavy (non-hydrogen) atoms. The van der Waals surface area contributed by atoms with Crippen LogP contribution in [0.2, 0.25) is 17.6 Å². The molecule has 0 aliphatic heterocycles. The number of benzene rings is 1. The fourth-order valence-corrected chi connectivity index (χ4v) is 11.7. The van der Waals surface area contributed by atoms with Gasteiger partial charge in [0.05, 0.1) is 8.07 Å². The molecule has 2 unspecified atom stereocenters. The zero-order valence-corrected chi connectivity index (χ0v) is 32.3. The molecule has 0 heterocycles. The van der Waals surface area contributed by atoms with Crippen molar-refractivity contribution in [3.8, 4) is 0 Å². The second-order valence-corrected chi connectivity index (χ2v) is 17.6. The van der Waals surface area contributed by atoms with E-state index in [-0.39, 0.29) is 49.0 Å². The predicted octanol–water partition coefficient (Wildman–Crippen LogP) is 13.1. The van der Waals surface area contributed by atoms with Crippen LogP contribution < -0.4 is 5.19 Å². The van der Waals surface area contributed by atoms with Gasteiger partial charge in [0.2, 0.25) is 0 Å². The van der Waals surface area contributed by atoms with Crippen LogP contribution in [0.25, 0.3) is 0 Å². The van der Waals surface area contributed by atoms with Crippen LogP contribution in [0.5, 0.6) is 0 Å². The molecule has 1 aliphatic carbocycles. The maximum atomic E-state index is 4.02.